The number of aliphatic carboxylic acids is 1. The van der Waals surface area contributed by atoms with E-state index in [1.165, 1.54) is 24.5 Å². The summed E-state index contributed by atoms with van der Waals surface area (Å²) in [5.74, 6) is -1.14. The van der Waals surface area contributed by atoms with Gasteiger partial charge in [-0.15, -0.1) is 0 Å². The summed E-state index contributed by atoms with van der Waals surface area (Å²) in [6, 6.07) is -1.64. The molecule has 0 fully saturated rings. The Kier molecular flexibility index (Phi) is 7.19. The Bertz CT molecular complexity index is 437. The predicted molar refractivity (Wildman–Crippen MR) is 72.8 cm³/mol. The number of nitrogens with zero attached hydrogens (tertiary/aromatic N) is 2. The largest absolute Gasteiger partial charge is 0.480 e. The van der Waals surface area contributed by atoms with Crippen molar-refractivity contribution in [3.63, 3.8) is 0 Å². The molecule has 0 aromatic carbocycles. The maximum Gasteiger partial charge on any atom is 0.326 e. The molecule has 0 aliphatic heterocycles. The van der Waals surface area contributed by atoms with E-state index in [1.807, 2.05) is 0 Å². The number of aromatic amines is 1. The Morgan fingerprint density at radius 3 is 2.81 bits per heavy atom. The third-order valence-electron chi connectivity index (χ3n) is 2.80. The SMILES string of the molecule is COCCN(CCO)C(=O)N[C@H](Cc1cnc[nH]1)C(=O)O. The first-order valence-electron chi connectivity index (χ1n) is 6.43. The Balaban J connectivity index is 2.62. The number of methoxy groups -OCH3 is 1. The van der Waals surface area contributed by atoms with Crippen molar-refractivity contribution in [2.45, 2.75) is 12.5 Å². The molecule has 118 valence electrons. The summed E-state index contributed by atoms with van der Waals surface area (Å²) in [6.07, 6.45) is 3.03. The molecule has 4 N–H and O–H groups in total. The number of H-pyrrole nitrogens is 1. The van der Waals surface area contributed by atoms with Gasteiger partial charge in [-0.3, -0.25) is 0 Å². The molecule has 1 rings (SSSR count). The zero-order valence-electron chi connectivity index (χ0n) is 11.8. The van der Waals surface area contributed by atoms with Gasteiger partial charge in [-0.2, -0.15) is 0 Å². The van der Waals surface area contributed by atoms with E-state index in [0.29, 0.717) is 12.3 Å². The first-order chi connectivity index (χ1) is 10.1. The third-order valence-corrected chi connectivity index (χ3v) is 2.80. The van der Waals surface area contributed by atoms with Crippen LogP contribution in [0.2, 0.25) is 0 Å². The molecular weight excluding hydrogens is 280 g/mol. The number of imidazole rings is 1. The van der Waals surface area contributed by atoms with Crippen LogP contribution in [0, 0.1) is 0 Å². The molecule has 21 heavy (non-hydrogen) atoms. The summed E-state index contributed by atoms with van der Waals surface area (Å²) in [7, 11) is 1.49. The monoisotopic (exact) mass is 300 g/mol. The van der Waals surface area contributed by atoms with Crippen LogP contribution in [0.25, 0.3) is 0 Å². The molecule has 2 amide bonds. The number of ether oxygens (including phenoxy) is 1. The molecule has 9 heteroatoms. The number of carboxylic acids is 1. The van der Waals surface area contributed by atoms with Crippen molar-refractivity contribution in [1.82, 2.24) is 20.2 Å². The lowest BCUT2D eigenvalue weighted by Gasteiger charge is -2.24. The molecule has 0 saturated carbocycles. The van der Waals surface area contributed by atoms with Gasteiger partial charge in [0.15, 0.2) is 0 Å². The quantitative estimate of drug-likeness (QED) is 0.466. The van der Waals surface area contributed by atoms with E-state index in [9.17, 15) is 9.59 Å². The number of hydrogen-bond donors (Lipinski definition) is 4. The standard InChI is InChI=1S/C12H20N4O5/c1-21-5-3-16(2-4-17)12(20)15-10(11(18)19)6-9-7-13-8-14-9/h7-8,10,17H,2-6H2,1H3,(H,13,14)(H,15,20)(H,18,19)/t10-/m1/s1. The van der Waals surface area contributed by atoms with Crippen LogP contribution < -0.4 is 5.32 Å². The highest BCUT2D eigenvalue weighted by Crippen LogP contribution is 2.00. The smallest absolute Gasteiger partial charge is 0.326 e. The minimum absolute atomic E-state index is 0.0956. The molecule has 0 saturated heterocycles. The lowest BCUT2D eigenvalue weighted by atomic mass is 10.1. The van der Waals surface area contributed by atoms with Gasteiger partial charge in [-0.05, 0) is 0 Å². The lowest BCUT2D eigenvalue weighted by Crippen LogP contribution is -2.50. The van der Waals surface area contributed by atoms with Gasteiger partial charge in [-0.25, -0.2) is 14.6 Å². The van der Waals surface area contributed by atoms with Crippen molar-refractivity contribution in [2.75, 3.05) is 33.4 Å². The highest BCUT2D eigenvalue weighted by molar-refractivity contribution is 5.82. The zero-order valence-corrected chi connectivity index (χ0v) is 11.8. The van der Waals surface area contributed by atoms with Crippen LogP contribution in [0.15, 0.2) is 12.5 Å². The number of aromatic nitrogens is 2. The van der Waals surface area contributed by atoms with E-state index in [0.717, 1.165) is 0 Å². The summed E-state index contributed by atoms with van der Waals surface area (Å²) < 4.78 is 4.87. The first kappa shape index (κ1) is 16.9. The van der Waals surface area contributed by atoms with Crippen LogP contribution in [-0.4, -0.2) is 76.5 Å². The number of aliphatic hydroxyl groups is 1. The molecule has 0 unspecified atom stereocenters. The molecule has 0 aliphatic carbocycles. The number of carboxylic acid groups (broad SMARTS) is 1. The Labute approximate surface area is 121 Å². The number of carbonyl (C=O) groups excluding carboxylic acids is 1. The van der Waals surface area contributed by atoms with E-state index in [4.69, 9.17) is 14.9 Å². The van der Waals surface area contributed by atoms with Gasteiger partial charge in [-0.1, -0.05) is 0 Å². The predicted octanol–water partition coefficient (Wildman–Crippen LogP) is -0.944. The number of amides is 2. The number of nitrogens with one attached hydrogen (secondary N) is 2. The highest BCUT2D eigenvalue weighted by atomic mass is 16.5. The summed E-state index contributed by atoms with van der Waals surface area (Å²) >= 11 is 0. The van der Waals surface area contributed by atoms with Crippen LogP contribution in [0.4, 0.5) is 4.79 Å². The summed E-state index contributed by atoms with van der Waals surface area (Å²) in [6.45, 7) is 0.450. The molecule has 0 bridgehead atoms. The van der Waals surface area contributed by atoms with Crippen LogP contribution in [0.1, 0.15) is 5.69 Å². The number of urea groups is 1. The minimum Gasteiger partial charge on any atom is -0.480 e. The lowest BCUT2D eigenvalue weighted by molar-refractivity contribution is -0.139. The number of rotatable bonds is 9. The zero-order chi connectivity index (χ0) is 15.7. The van der Waals surface area contributed by atoms with E-state index in [1.54, 1.807) is 0 Å². The van der Waals surface area contributed by atoms with Crippen molar-refractivity contribution in [1.29, 1.82) is 0 Å². The molecule has 1 aromatic heterocycles. The topological polar surface area (TPSA) is 128 Å². The second-order valence-corrected chi connectivity index (χ2v) is 4.32. The molecule has 1 atom stereocenters. The molecule has 0 radical (unpaired) electrons. The average molecular weight is 300 g/mol. The van der Waals surface area contributed by atoms with Crippen molar-refractivity contribution in [3.8, 4) is 0 Å². The fourth-order valence-corrected chi connectivity index (χ4v) is 1.69. The van der Waals surface area contributed by atoms with Crippen LogP contribution >= 0.6 is 0 Å². The van der Waals surface area contributed by atoms with Gasteiger partial charge >= 0.3 is 12.0 Å². The summed E-state index contributed by atoms with van der Waals surface area (Å²) in [4.78, 5) is 31.1. The van der Waals surface area contributed by atoms with E-state index in [-0.39, 0.29) is 26.1 Å². The van der Waals surface area contributed by atoms with Crippen molar-refractivity contribution in [3.05, 3.63) is 18.2 Å². The minimum atomic E-state index is -1.14. The van der Waals surface area contributed by atoms with Gasteiger partial charge in [0.2, 0.25) is 0 Å². The molecule has 1 aromatic rings. The van der Waals surface area contributed by atoms with Crippen molar-refractivity contribution >= 4 is 12.0 Å². The maximum atomic E-state index is 12.0. The molecular formula is C12H20N4O5. The molecule has 0 spiro atoms. The normalized spacial score (nSPS) is 11.9. The van der Waals surface area contributed by atoms with Gasteiger partial charge in [0.25, 0.3) is 0 Å². The second kappa shape index (κ2) is 8.93. The van der Waals surface area contributed by atoms with Gasteiger partial charge < -0.3 is 30.2 Å². The molecule has 0 aliphatic rings. The molecule has 1 heterocycles. The third kappa shape index (κ3) is 5.79. The average Bonchev–Trinajstić information content (AvgIpc) is 2.95. The molecule has 9 nitrogen and oxygen atoms in total. The van der Waals surface area contributed by atoms with Gasteiger partial charge in [0.05, 0.1) is 19.5 Å². The van der Waals surface area contributed by atoms with Crippen LogP contribution in [-0.2, 0) is 16.0 Å². The van der Waals surface area contributed by atoms with Gasteiger partial charge in [0.1, 0.15) is 6.04 Å². The first-order valence-corrected chi connectivity index (χ1v) is 6.43. The van der Waals surface area contributed by atoms with Gasteiger partial charge in [0, 0.05) is 38.5 Å². The van der Waals surface area contributed by atoms with Crippen LogP contribution in [0.5, 0.6) is 0 Å². The second-order valence-electron chi connectivity index (χ2n) is 4.32. The maximum absolute atomic E-state index is 12.0. The van der Waals surface area contributed by atoms with Crippen molar-refractivity contribution < 1.29 is 24.5 Å². The fourth-order valence-electron chi connectivity index (χ4n) is 1.69. The van der Waals surface area contributed by atoms with E-state index >= 15 is 0 Å². The Morgan fingerprint density at radius 2 is 2.29 bits per heavy atom. The highest BCUT2D eigenvalue weighted by Gasteiger charge is 2.23. The van der Waals surface area contributed by atoms with E-state index in [2.05, 4.69) is 15.3 Å². The van der Waals surface area contributed by atoms with E-state index < -0.39 is 18.0 Å². The Hall–Kier alpha value is -2.13. The fraction of sp³-hybridized carbons (Fsp3) is 0.583. The summed E-state index contributed by atoms with van der Waals surface area (Å²) in [5.41, 5.74) is 0.605. The van der Waals surface area contributed by atoms with Crippen LogP contribution in [0.3, 0.4) is 0 Å². The number of aliphatic hydroxyl groups excluding tert-OH is 1. The Morgan fingerprint density at radius 1 is 1.52 bits per heavy atom. The van der Waals surface area contributed by atoms with Crippen molar-refractivity contribution in [2.24, 2.45) is 0 Å². The summed E-state index contributed by atoms with van der Waals surface area (Å²) in [5, 5.41) is 20.5. The number of carbonyl (C=O) groups is 2. The number of hydrogen-bond acceptors (Lipinski definition) is 5.